The fraction of sp³-hybridized carbons (Fsp3) is 1.00. The van der Waals surface area contributed by atoms with Gasteiger partial charge in [0.15, 0.2) is 0 Å². The molecule has 1 aliphatic rings. The lowest BCUT2D eigenvalue weighted by molar-refractivity contribution is 0.241. The van der Waals surface area contributed by atoms with E-state index in [0.717, 1.165) is 25.9 Å². The fourth-order valence-corrected chi connectivity index (χ4v) is 4.58. The second-order valence-corrected chi connectivity index (χ2v) is 8.32. The second kappa shape index (κ2) is 6.12. The Morgan fingerprint density at radius 3 is 2.12 bits per heavy atom. The van der Waals surface area contributed by atoms with Crippen molar-refractivity contribution in [2.75, 3.05) is 31.1 Å². The molecule has 1 fully saturated rings. The fourth-order valence-electron chi connectivity index (χ4n) is 1.73. The van der Waals surface area contributed by atoms with E-state index in [1.165, 1.54) is 13.3 Å². The maximum absolute atomic E-state index is 11.5. The largest absolute Gasteiger partial charge is 0.302 e. The first-order valence-corrected chi connectivity index (χ1v) is 9.11. The molecule has 102 valence electrons. The SMILES string of the molecule is CCS(=O)(=O)NS(=O)(=O)CCN1CCCCC1. The predicted molar refractivity (Wildman–Crippen MR) is 66.7 cm³/mol. The third-order valence-electron chi connectivity index (χ3n) is 2.76. The van der Waals surface area contributed by atoms with E-state index in [2.05, 4.69) is 4.90 Å². The molecule has 1 saturated heterocycles. The number of nitrogens with zero attached hydrogens (tertiary/aromatic N) is 1. The van der Waals surface area contributed by atoms with E-state index < -0.39 is 20.0 Å². The van der Waals surface area contributed by atoms with Gasteiger partial charge < -0.3 is 4.90 Å². The summed E-state index contributed by atoms with van der Waals surface area (Å²) in [5.41, 5.74) is 0. The molecule has 1 heterocycles. The minimum Gasteiger partial charge on any atom is -0.302 e. The van der Waals surface area contributed by atoms with Gasteiger partial charge in [0.25, 0.3) is 0 Å². The lowest BCUT2D eigenvalue weighted by Crippen LogP contribution is -2.39. The van der Waals surface area contributed by atoms with E-state index in [0.29, 0.717) is 6.54 Å². The van der Waals surface area contributed by atoms with Gasteiger partial charge >= 0.3 is 0 Å². The Morgan fingerprint density at radius 2 is 1.59 bits per heavy atom. The van der Waals surface area contributed by atoms with Crippen LogP contribution in [0.3, 0.4) is 0 Å². The summed E-state index contributed by atoms with van der Waals surface area (Å²) in [4.78, 5) is 2.06. The van der Waals surface area contributed by atoms with Crippen molar-refractivity contribution in [3.63, 3.8) is 0 Å². The molecule has 8 heteroatoms. The monoisotopic (exact) mass is 284 g/mol. The van der Waals surface area contributed by atoms with Crippen molar-refractivity contribution < 1.29 is 16.8 Å². The number of piperidine rings is 1. The van der Waals surface area contributed by atoms with Crippen LogP contribution in [0.1, 0.15) is 26.2 Å². The van der Waals surface area contributed by atoms with Crippen molar-refractivity contribution >= 4 is 20.0 Å². The topological polar surface area (TPSA) is 83.5 Å². The number of rotatable bonds is 6. The summed E-state index contributed by atoms with van der Waals surface area (Å²) in [6.45, 7) is 3.60. The third-order valence-corrected chi connectivity index (χ3v) is 6.27. The minimum absolute atomic E-state index is 0.160. The Hall–Kier alpha value is -0.180. The van der Waals surface area contributed by atoms with Crippen LogP contribution in [0.2, 0.25) is 0 Å². The molecule has 0 aromatic carbocycles. The van der Waals surface area contributed by atoms with Crippen molar-refractivity contribution in [3.05, 3.63) is 0 Å². The van der Waals surface area contributed by atoms with E-state index in [4.69, 9.17) is 0 Å². The van der Waals surface area contributed by atoms with Crippen LogP contribution in [0.25, 0.3) is 0 Å². The van der Waals surface area contributed by atoms with Gasteiger partial charge in [-0.2, -0.15) is 0 Å². The maximum Gasteiger partial charge on any atom is 0.225 e. The Morgan fingerprint density at radius 1 is 1.00 bits per heavy atom. The molecule has 1 aliphatic heterocycles. The molecular formula is C9H20N2O4S2. The van der Waals surface area contributed by atoms with Crippen molar-refractivity contribution in [2.45, 2.75) is 26.2 Å². The molecule has 0 spiro atoms. The van der Waals surface area contributed by atoms with Crippen LogP contribution in [0, 0.1) is 0 Å². The molecule has 0 aliphatic carbocycles. The Kier molecular flexibility index (Phi) is 5.36. The summed E-state index contributed by atoms with van der Waals surface area (Å²) in [7, 11) is -7.42. The van der Waals surface area contributed by atoms with Crippen LogP contribution < -0.4 is 4.13 Å². The minimum atomic E-state index is -3.73. The lowest BCUT2D eigenvalue weighted by Gasteiger charge is -2.26. The van der Waals surface area contributed by atoms with Crippen LogP contribution in [0.5, 0.6) is 0 Å². The van der Waals surface area contributed by atoms with E-state index in [9.17, 15) is 16.8 Å². The molecule has 1 N–H and O–H groups in total. The van der Waals surface area contributed by atoms with E-state index >= 15 is 0 Å². The van der Waals surface area contributed by atoms with E-state index in [-0.39, 0.29) is 11.5 Å². The first-order valence-electron chi connectivity index (χ1n) is 5.81. The summed E-state index contributed by atoms with van der Waals surface area (Å²) in [6.07, 6.45) is 3.35. The maximum atomic E-state index is 11.5. The smallest absolute Gasteiger partial charge is 0.225 e. The van der Waals surface area contributed by atoms with Gasteiger partial charge in [-0.05, 0) is 32.9 Å². The molecule has 0 aromatic heterocycles. The Bertz CT molecular complexity index is 424. The van der Waals surface area contributed by atoms with Crippen molar-refractivity contribution in [1.29, 1.82) is 0 Å². The normalized spacial score (nSPS) is 19.4. The number of hydrogen-bond donors (Lipinski definition) is 1. The molecule has 0 bridgehead atoms. The summed E-state index contributed by atoms with van der Waals surface area (Å²) in [6, 6.07) is 0. The number of nitrogens with one attached hydrogen (secondary N) is 1. The van der Waals surface area contributed by atoms with Crippen LogP contribution in [-0.2, 0) is 20.0 Å². The standard InChI is InChI=1S/C9H20N2O4S2/c1-2-16(12,13)10-17(14,15)9-8-11-6-4-3-5-7-11/h10H,2-9H2,1H3. The van der Waals surface area contributed by atoms with Gasteiger partial charge in [-0.25, -0.2) is 16.8 Å². The van der Waals surface area contributed by atoms with Gasteiger partial charge in [-0.3, -0.25) is 0 Å². The highest BCUT2D eigenvalue weighted by Crippen LogP contribution is 2.08. The molecule has 6 nitrogen and oxygen atoms in total. The number of likely N-dealkylation sites (tertiary alicyclic amines) is 1. The molecule has 1 rings (SSSR count). The van der Waals surface area contributed by atoms with Gasteiger partial charge in [0.05, 0.1) is 11.5 Å². The van der Waals surface area contributed by atoms with Crippen molar-refractivity contribution in [3.8, 4) is 0 Å². The first kappa shape index (κ1) is 14.9. The molecule has 17 heavy (non-hydrogen) atoms. The highest BCUT2D eigenvalue weighted by Gasteiger charge is 2.20. The van der Waals surface area contributed by atoms with Crippen LogP contribution in [0.4, 0.5) is 0 Å². The van der Waals surface area contributed by atoms with E-state index in [1.807, 2.05) is 0 Å². The van der Waals surface area contributed by atoms with Crippen LogP contribution in [-0.4, -0.2) is 52.9 Å². The van der Waals surface area contributed by atoms with Crippen molar-refractivity contribution in [1.82, 2.24) is 9.03 Å². The molecule has 0 atom stereocenters. The van der Waals surface area contributed by atoms with Gasteiger partial charge in [0.2, 0.25) is 20.0 Å². The third kappa shape index (κ3) is 5.80. The van der Waals surface area contributed by atoms with Gasteiger partial charge in [0.1, 0.15) is 0 Å². The zero-order valence-electron chi connectivity index (χ0n) is 10.1. The van der Waals surface area contributed by atoms with Crippen molar-refractivity contribution in [2.24, 2.45) is 0 Å². The Labute approximate surface area is 103 Å². The summed E-state index contributed by atoms with van der Waals surface area (Å²) < 4.78 is 47.1. The van der Waals surface area contributed by atoms with Gasteiger partial charge in [-0.15, -0.1) is 4.13 Å². The summed E-state index contributed by atoms with van der Waals surface area (Å²) >= 11 is 0. The average molecular weight is 284 g/mol. The average Bonchev–Trinajstić information content (AvgIpc) is 2.27. The molecule has 0 aromatic rings. The molecule has 0 saturated carbocycles. The predicted octanol–water partition coefficient (Wildman–Crippen LogP) is -0.259. The van der Waals surface area contributed by atoms with Gasteiger partial charge in [0, 0.05) is 6.54 Å². The van der Waals surface area contributed by atoms with Gasteiger partial charge in [-0.1, -0.05) is 6.42 Å². The first-order chi connectivity index (χ1) is 7.85. The summed E-state index contributed by atoms with van der Waals surface area (Å²) in [5, 5.41) is 0. The lowest BCUT2D eigenvalue weighted by atomic mass is 10.1. The van der Waals surface area contributed by atoms with Crippen LogP contribution in [0.15, 0.2) is 0 Å². The highest BCUT2D eigenvalue weighted by molar-refractivity contribution is 8.04. The van der Waals surface area contributed by atoms with Crippen LogP contribution >= 0.6 is 0 Å². The molecule has 0 radical (unpaired) electrons. The zero-order chi connectivity index (χ0) is 12.9. The molecule has 0 unspecified atom stereocenters. The second-order valence-electron chi connectivity index (χ2n) is 4.21. The molecular weight excluding hydrogens is 264 g/mol. The summed E-state index contributed by atoms with van der Waals surface area (Å²) in [5.74, 6) is -0.387. The number of sulfonamides is 2. The van der Waals surface area contributed by atoms with E-state index in [1.54, 1.807) is 4.13 Å². The zero-order valence-corrected chi connectivity index (χ0v) is 11.7. The quantitative estimate of drug-likeness (QED) is 0.726. The Balaban J connectivity index is 2.44. The highest BCUT2D eigenvalue weighted by atomic mass is 32.3. The molecule has 0 amide bonds. The number of hydrogen-bond acceptors (Lipinski definition) is 5.